The molecule has 0 radical (unpaired) electrons. The van der Waals surface area contributed by atoms with E-state index in [2.05, 4.69) is 14.7 Å². The smallest absolute Gasteiger partial charge is 0.340 e. The van der Waals surface area contributed by atoms with Gasteiger partial charge in [-0.25, -0.2) is 13.8 Å². The van der Waals surface area contributed by atoms with Crippen LogP contribution >= 0.6 is 11.6 Å². The maximum Gasteiger partial charge on any atom is 0.340 e. The molecule has 1 aromatic heterocycles. The number of hydrogen-bond acceptors (Lipinski definition) is 3. The number of ether oxygens (including phenoxy) is 1. The highest BCUT2D eigenvalue weighted by Crippen LogP contribution is 2.27. The Kier molecular flexibility index (Phi) is 4.72. The SMILES string of the molecule is CCc1nc(Cl)c(C)c(OCC(F)(F)C(F)F)n1. The van der Waals surface area contributed by atoms with Gasteiger partial charge in [-0.15, -0.1) is 0 Å². The summed E-state index contributed by atoms with van der Waals surface area (Å²) in [6.45, 7) is 1.73. The van der Waals surface area contributed by atoms with Crippen LogP contribution in [-0.4, -0.2) is 28.9 Å². The van der Waals surface area contributed by atoms with Gasteiger partial charge in [-0.2, -0.15) is 13.8 Å². The summed E-state index contributed by atoms with van der Waals surface area (Å²) in [6.07, 6.45) is -3.37. The molecule has 0 saturated heterocycles. The average Bonchev–Trinajstić information content (AvgIpc) is 2.30. The Morgan fingerprint density at radius 2 is 1.94 bits per heavy atom. The summed E-state index contributed by atoms with van der Waals surface area (Å²) in [4.78, 5) is 7.69. The van der Waals surface area contributed by atoms with Crippen LogP contribution in [0.15, 0.2) is 0 Å². The monoisotopic (exact) mass is 286 g/mol. The second-order valence-corrected chi connectivity index (χ2v) is 3.92. The molecule has 0 aliphatic carbocycles. The van der Waals surface area contributed by atoms with Crippen LogP contribution in [0.5, 0.6) is 5.88 Å². The number of rotatable bonds is 5. The van der Waals surface area contributed by atoms with Crippen molar-refractivity contribution in [2.45, 2.75) is 32.6 Å². The molecule has 8 heteroatoms. The standard InChI is InChI=1S/C10H11ClF4N2O/c1-3-6-16-7(11)5(2)8(17-6)18-4-10(14,15)9(12)13/h9H,3-4H2,1-2H3. The van der Waals surface area contributed by atoms with Gasteiger partial charge in [0.15, 0.2) is 6.61 Å². The highest BCUT2D eigenvalue weighted by atomic mass is 35.5. The third-order valence-electron chi connectivity index (χ3n) is 2.12. The lowest BCUT2D eigenvalue weighted by Gasteiger charge is -2.16. The zero-order chi connectivity index (χ0) is 13.9. The van der Waals surface area contributed by atoms with Gasteiger partial charge in [0.2, 0.25) is 5.88 Å². The van der Waals surface area contributed by atoms with Crippen LogP contribution < -0.4 is 4.74 Å². The van der Waals surface area contributed by atoms with Crippen LogP contribution in [0.4, 0.5) is 17.6 Å². The minimum Gasteiger partial charge on any atom is -0.471 e. The van der Waals surface area contributed by atoms with Gasteiger partial charge in [-0.1, -0.05) is 18.5 Å². The predicted octanol–water partition coefficient (Wildman–Crippen LogP) is 3.28. The van der Waals surface area contributed by atoms with Crippen LogP contribution in [-0.2, 0) is 6.42 Å². The quantitative estimate of drug-likeness (QED) is 0.615. The number of nitrogens with zero attached hydrogens (tertiary/aromatic N) is 2. The van der Waals surface area contributed by atoms with Crippen molar-refractivity contribution < 1.29 is 22.3 Å². The Labute approximate surface area is 106 Å². The lowest BCUT2D eigenvalue weighted by atomic mass is 10.3. The van der Waals surface area contributed by atoms with Crippen LogP contribution in [0, 0.1) is 6.92 Å². The second kappa shape index (κ2) is 5.69. The highest BCUT2D eigenvalue weighted by Gasteiger charge is 2.42. The molecule has 18 heavy (non-hydrogen) atoms. The summed E-state index contributed by atoms with van der Waals surface area (Å²) in [5, 5.41) is 0.0530. The van der Waals surface area contributed by atoms with E-state index in [1.165, 1.54) is 6.92 Å². The predicted molar refractivity (Wildman–Crippen MR) is 57.6 cm³/mol. The Hall–Kier alpha value is -1.11. The van der Waals surface area contributed by atoms with Crippen LogP contribution in [0.25, 0.3) is 0 Å². The van der Waals surface area contributed by atoms with E-state index in [-0.39, 0.29) is 16.6 Å². The van der Waals surface area contributed by atoms with E-state index in [4.69, 9.17) is 11.6 Å². The molecular weight excluding hydrogens is 276 g/mol. The van der Waals surface area contributed by atoms with Gasteiger partial charge in [0.25, 0.3) is 0 Å². The maximum absolute atomic E-state index is 12.7. The average molecular weight is 287 g/mol. The minimum absolute atomic E-state index is 0.0530. The van der Waals surface area contributed by atoms with Crippen molar-refractivity contribution in [3.8, 4) is 5.88 Å². The first-order valence-electron chi connectivity index (χ1n) is 5.09. The molecule has 0 N–H and O–H groups in total. The molecule has 0 amide bonds. The molecule has 0 atom stereocenters. The molecule has 1 aromatic rings. The molecule has 1 heterocycles. The molecular formula is C10H11ClF4N2O. The van der Waals surface area contributed by atoms with Crippen LogP contribution in [0.3, 0.4) is 0 Å². The first kappa shape index (κ1) is 14.9. The summed E-state index contributed by atoms with van der Waals surface area (Å²) in [7, 11) is 0. The molecule has 1 rings (SSSR count). The van der Waals surface area contributed by atoms with Crippen molar-refractivity contribution >= 4 is 11.6 Å². The fraction of sp³-hybridized carbons (Fsp3) is 0.600. The van der Waals surface area contributed by atoms with Crippen molar-refractivity contribution in [1.82, 2.24) is 9.97 Å². The summed E-state index contributed by atoms with van der Waals surface area (Å²) in [5.74, 6) is -4.14. The summed E-state index contributed by atoms with van der Waals surface area (Å²) < 4.78 is 53.9. The van der Waals surface area contributed by atoms with Gasteiger partial charge < -0.3 is 4.74 Å². The van der Waals surface area contributed by atoms with Gasteiger partial charge in [0.1, 0.15) is 11.0 Å². The fourth-order valence-corrected chi connectivity index (χ4v) is 1.22. The molecule has 0 saturated carbocycles. The van der Waals surface area contributed by atoms with Crippen molar-refractivity contribution in [1.29, 1.82) is 0 Å². The van der Waals surface area contributed by atoms with E-state index in [0.29, 0.717) is 12.2 Å². The molecule has 102 valence electrons. The van der Waals surface area contributed by atoms with Crippen molar-refractivity contribution in [2.24, 2.45) is 0 Å². The van der Waals surface area contributed by atoms with Gasteiger partial charge in [-0.05, 0) is 6.92 Å². The molecule has 0 aliphatic heterocycles. The van der Waals surface area contributed by atoms with Crippen LogP contribution in [0.1, 0.15) is 18.3 Å². The van der Waals surface area contributed by atoms with E-state index in [0.717, 1.165) is 0 Å². The fourth-order valence-electron chi connectivity index (χ4n) is 1.04. The lowest BCUT2D eigenvalue weighted by Crippen LogP contribution is -2.34. The molecule has 0 bridgehead atoms. The van der Waals surface area contributed by atoms with Crippen molar-refractivity contribution in [3.63, 3.8) is 0 Å². The Morgan fingerprint density at radius 1 is 1.33 bits per heavy atom. The van der Waals surface area contributed by atoms with Crippen LogP contribution in [0.2, 0.25) is 5.15 Å². The van der Waals surface area contributed by atoms with E-state index in [1.54, 1.807) is 6.92 Å². The van der Waals surface area contributed by atoms with E-state index >= 15 is 0 Å². The Morgan fingerprint density at radius 3 is 2.44 bits per heavy atom. The maximum atomic E-state index is 12.7. The lowest BCUT2D eigenvalue weighted by molar-refractivity contribution is -0.148. The molecule has 0 fully saturated rings. The second-order valence-electron chi connectivity index (χ2n) is 3.56. The molecule has 3 nitrogen and oxygen atoms in total. The summed E-state index contributed by atoms with van der Waals surface area (Å²) >= 11 is 5.74. The molecule has 0 spiro atoms. The summed E-state index contributed by atoms with van der Waals surface area (Å²) in [6, 6.07) is 0. The molecule has 0 aromatic carbocycles. The number of hydrogen-bond donors (Lipinski definition) is 0. The molecule has 0 aliphatic rings. The zero-order valence-electron chi connectivity index (χ0n) is 9.68. The van der Waals surface area contributed by atoms with Gasteiger partial charge in [0.05, 0.1) is 0 Å². The largest absolute Gasteiger partial charge is 0.471 e. The van der Waals surface area contributed by atoms with E-state index in [9.17, 15) is 17.6 Å². The number of aromatic nitrogens is 2. The van der Waals surface area contributed by atoms with Gasteiger partial charge >= 0.3 is 12.3 Å². The Balaban J connectivity index is 2.88. The topological polar surface area (TPSA) is 35.0 Å². The van der Waals surface area contributed by atoms with Gasteiger partial charge in [-0.3, -0.25) is 0 Å². The van der Waals surface area contributed by atoms with E-state index < -0.39 is 19.0 Å². The van der Waals surface area contributed by atoms with Gasteiger partial charge in [0, 0.05) is 12.0 Å². The third kappa shape index (κ3) is 3.44. The minimum atomic E-state index is -4.23. The highest BCUT2D eigenvalue weighted by molar-refractivity contribution is 6.30. The number of halogens is 5. The van der Waals surface area contributed by atoms with Crippen molar-refractivity contribution in [2.75, 3.05) is 6.61 Å². The summed E-state index contributed by atoms with van der Waals surface area (Å²) in [5.41, 5.74) is 0.235. The Bertz CT molecular complexity index is 429. The first-order chi connectivity index (χ1) is 8.27. The number of aryl methyl sites for hydroxylation is 1. The molecule has 0 unspecified atom stereocenters. The first-order valence-corrected chi connectivity index (χ1v) is 5.47. The van der Waals surface area contributed by atoms with Crippen molar-refractivity contribution in [3.05, 3.63) is 16.5 Å². The normalized spacial score (nSPS) is 12.0. The van der Waals surface area contributed by atoms with E-state index in [1.807, 2.05) is 0 Å². The zero-order valence-corrected chi connectivity index (χ0v) is 10.4. The number of alkyl halides is 4. The third-order valence-corrected chi connectivity index (χ3v) is 2.49.